The molecule has 0 aromatic heterocycles. The predicted octanol–water partition coefficient (Wildman–Crippen LogP) is 4.93. The first-order chi connectivity index (χ1) is 11.3. The molecule has 0 atom stereocenters. The average molecular weight is 453 g/mol. The maximum Gasteiger partial charge on any atom is 0.264 e. The van der Waals surface area contributed by atoms with Gasteiger partial charge in [0.1, 0.15) is 0 Å². The molecule has 2 rings (SSSR count). The number of nitrogens with zero attached hydrogens (tertiary/aromatic N) is 1. The fraction of sp³-hybridized carbons (Fsp3) is 0.158. The van der Waals surface area contributed by atoms with Crippen LogP contribution in [-0.4, -0.2) is 15.0 Å². The van der Waals surface area contributed by atoms with Crippen LogP contribution in [0.1, 0.15) is 12.0 Å². The number of rotatable bonds is 7. The van der Waals surface area contributed by atoms with Crippen LogP contribution in [0.2, 0.25) is 0 Å². The normalized spacial score (nSPS) is 11.1. The summed E-state index contributed by atoms with van der Waals surface area (Å²) in [6.07, 6.45) is 2.30. The van der Waals surface area contributed by atoms with Gasteiger partial charge in [-0.3, -0.25) is 4.31 Å². The summed E-state index contributed by atoms with van der Waals surface area (Å²) in [7, 11) is -3.66. The Hall–Kier alpha value is -1.60. The summed E-state index contributed by atoms with van der Waals surface area (Å²) in [6.45, 7) is 9.82. The van der Waals surface area contributed by atoms with Gasteiger partial charge in [0.15, 0.2) is 0 Å². The summed E-state index contributed by atoms with van der Waals surface area (Å²) in [5, 5.41) is 0. The highest BCUT2D eigenvalue weighted by Crippen LogP contribution is 2.26. The minimum absolute atomic E-state index is 0.225. The Balaban J connectivity index is 2.47. The Labute approximate surface area is 157 Å². The number of allylic oxidation sites excluding steroid dienone is 1. The molecule has 2 aromatic rings. The second kappa shape index (κ2) is 7.98. The number of aryl methyl sites for hydroxylation is 1. The molecular formula is C19H20INO2S. The van der Waals surface area contributed by atoms with Gasteiger partial charge in [-0.05, 0) is 72.3 Å². The van der Waals surface area contributed by atoms with E-state index in [-0.39, 0.29) is 11.4 Å². The van der Waals surface area contributed by atoms with E-state index in [9.17, 15) is 8.42 Å². The Morgan fingerprint density at radius 3 is 2.25 bits per heavy atom. The van der Waals surface area contributed by atoms with Crippen molar-refractivity contribution in [3.05, 3.63) is 82.5 Å². The third-order valence-corrected chi connectivity index (χ3v) is 6.03. The zero-order valence-corrected chi connectivity index (χ0v) is 16.5. The molecule has 0 heterocycles. The SMILES string of the molecule is C=CCC(=C)CN(c1ccc(I)cc1)S(=O)(=O)c1ccc(C)cc1. The molecule has 24 heavy (non-hydrogen) atoms. The fourth-order valence-electron chi connectivity index (χ4n) is 2.23. The van der Waals surface area contributed by atoms with Gasteiger partial charge in [-0.25, -0.2) is 8.42 Å². The molecule has 3 nitrogen and oxygen atoms in total. The third-order valence-electron chi connectivity index (χ3n) is 3.52. The fourth-order valence-corrected chi connectivity index (χ4v) is 4.08. The highest BCUT2D eigenvalue weighted by molar-refractivity contribution is 14.1. The summed E-state index contributed by atoms with van der Waals surface area (Å²) in [4.78, 5) is 0.276. The van der Waals surface area contributed by atoms with Crippen molar-refractivity contribution < 1.29 is 8.42 Å². The van der Waals surface area contributed by atoms with Crippen LogP contribution in [0, 0.1) is 10.5 Å². The lowest BCUT2D eigenvalue weighted by molar-refractivity contribution is 0.592. The summed E-state index contributed by atoms with van der Waals surface area (Å²) < 4.78 is 28.7. The topological polar surface area (TPSA) is 37.4 Å². The average Bonchev–Trinajstić information content (AvgIpc) is 2.54. The van der Waals surface area contributed by atoms with Gasteiger partial charge in [0.25, 0.3) is 10.0 Å². The van der Waals surface area contributed by atoms with Gasteiger partial charge in [-0.1, -0.05) is 35.9 Å². The predicted molar refractivity (Wildman–Crippen MR) is 109 cm³/mol. The van der Waals surface area contributed by atoms with Crippen LogP contribution >= 0.6 is 22.6 Å². The summed E-state index contributed by atoms with van der Waals surface area (Å²) in [6, 6.07) is 14.3. The number of benzene rings is 2. The van der Waals surface area contributed by atoms with Crippen LogP contribution in [0.5, 0.6) is 0 Å². The zero-order valence-electron chi connectivity index (χ0n) is 13.6. The Bertz CT molecular complexity index is 825. The number of sulfonamides is 1. The lowest BCUT2D eigenvalue weighted by Gasteiger charge is -2.25. The first-order valence-corrected chi connectivity index (χ1v) is 9.99. The van der Waals surface area contributed by atoms with E-state index in [4.69, 9.17) is 0 Å². The lowest BCUT2D eigenvalue weighted by Crippen LogP contribution is -2.32. The molecule has 0 aliphatic heterocycles. The van der Waals surface area contributed by atoms with Crippen LogP contribution in [0.3, 0.4) is 0 Å². The monoisotopic (exact) mass is 453 g/mol. The molecule has 126 valence electrons. The minimum Gasteiger partial charge on any atom is -0.262 e. The quantitative estimate of drug-likeness (QED) is 0.441. The van der Waals surface area contributed by atoms with Gasteiger partial charge in [0.05, 0.1) is 17.1 Å². The molecule has 0 aliphatic carbocycles. The number of anilines is 1. The molecule has 2 aromatic carbocycles. The molecule has 0 N–H and O–H groups in total. The molecule has 0 spiro atoms. The summed E-state index contributed by atoms with van der Waals surface area (Å²) in [5.74, 6) is 0. The number of halogens is 1. The van der Waals surface area contributed by atoms with Crippen molar-refractivity contribution in [2.45, 2.75) is 18.2 Å². The Morgan fingerprint density at radius 1 is 1.12 bits per heavy atom. The van der Waals surface area contributed by atoms with Crippen molar-refractivity contribution in [1.82, 2.24) is 0 Å². The highest BCUT2D eigenvalue weighted by Gasteiger charge is 2.25. The van der Waals surface area contributed by atoms with Crippen LogP contribution in [-0.2, 0) is 10.0 Å². The van der Waals surface area contributed by atoms with Crippen LogP contribution in [0.15, 0.2) is 78.2 Å². The lowest BCUT2D eigenvalue weighted by atomic mass is 10.2. The second-order valence-corrected chi connectivity index (χ2v) is 8.65. The second-order valence-electron chi connectivity index (χ2n) is 5.54. The smallest absolute Gasteiger partial charge is 0.262 e. The highest BCUT2D eigenvalue weighted by atomic mass is 127. The van der Waals surface area contributed by atoms with Gasteiger partial charge < -0.3 is 0 Å². The van der Waals surface area contributed by atoms with E-state index in [1.54, 1.807) is 30.3 Å². The first-order valence-electron chi connectivity index (χ1n) is 7.47. The maximum absolute atomic E-state index is 13.1. The van der Waals surface area contributed by atoms with E-state index in [0.29, 0.717) is 12.1 Å². The standard InChI is InChI=1S/C19H20INO2S/c1-4-5-16(3)14-21(18-10-8-17(20)9-11-18)24(22,23)19-12-6-15(2)7-13-19/h4,6-13H,1,3,5,14H2,2H3. The third kappa shape index (κ3) is 4.48. The molecule has 0 bridgehead atoms. The van der Waals surface area contributed by atoms with Crippen molar-refractivity contribution in [2.75, 3.05) is 10.8 Å². The van der Waals surface area contributed by atoms with Crippen molar-refractivity contribution in [2.24, 2.45) is 0 Å². The van der Waals surface area contributed by atoms with Crippen LogP contribution in [0.25, 0.3) is 0 Å². The van der Waals surface area contributed by atoms with Gasteiger partial charge in [0.2, 0.25) is 0 Å². The minimum atomic E-state index is -3.66. The van der Waals surface area contributed by atoms with Gasteiger partial charge in [-0.2, -0.15) is 0 Å². The Morgan fingerprint density at radius 2 is 1.71 bits per heavy atom. The van der Waals surface area contributed by atoms with E-state index in [1.165, 1.54) is 4.31 Å². The first kappa shape index (κ1) is 18.7. The van der Waals surface area contributed by atoms with Crippen molar-refractivity contribution in [3.8, 4) is 0 Å². The summed E-state index contributed by atoms with van der Waals surface area (Å²) in [5.41, 5.74) is 2.44. The maximum atomic E-state index is 13.1. The van der Waals surface area contributed by atoms with Gasteiger partial charge >= 0.3 is 0 Å². The molecule has 0 aliphatic rings. The van der Waals surface area contributed by atoms with Crippen LogP contribution in [0.4, 0.5) is 5.69 Å². The van der Waals surface area contributed by atoms with Gasteiger partial charge in [0, 0.05) is 3.57 Å². The zero-order chi connectivity index (χ0) is 17.7. The largest absolute Gasteiger partial charge is 0.264 e. The summed E-state index contributed by atoms with van der Waals surface area (Å²) >= 11 is 2.20. The van der Waals surface area contributed by atoms with E-state index in [0.717, 1.165) is 14.7 Å². The van der Waals surface area contributed by atoms with E-state index >= 15 is 0 Å². The molecule has 5 heteroatoms. The van der Waals surface area contributed by atoms with Crippen LogP contribution < -0.4 is 4.31 Å². The van der Waals surface area contributed by atoms with Gasteiger partial charge in [-0.15, -0.1) is 6.58 Å². The van der Waals surface area contributed by atoms with E-state index in [1.807, 2.05) is 31.2 Å². The molecule has 0 radical (unpaired) electrons. The molecule has 0 unspecified atom stereocenters. The van der Waals surface area contributed by atoms with E-state index < -0.39 is 10.0 Å². The van der Waals surface area contributed by atoms with Crippen molar-refractivity contribution >= 4 is 38.3 Å². The Kier molecular flexibility index (Phi) is 6.23. The van der Waals surface area contributed by atoms with Crippen molar-refractivity contribution in [1.29, 1.82) is 0 Å². The molecule has 0 fully saturated rings. The molecular weight excluding hydrogens is 433 g/mol. The molecule has 0 saturated carbocycles. The molecule has 0 amide bonds. The number of hydrogen-bond donors (Lipinski definition) is 0. The molecule has 0 saturated heterocycles. The number of hydrogen-bond acceptors (Lipinski definition) is 2. The van der Waals surface area contributed by atoms with E-state index in [2.05, 4.69) is 35.7 Å². The van der Waals surface area contributed by atoms with Crippen molar-refractivity contribution in [3.63, 3.8) is 0 Å².